The molecule has 0 aliphatic rings. The number of anilines is 2. The van der Waals surface area contributed by atoms with E-state index >= 15 is 0 Å². The van der Waals surface area contributed by atoms with Crippen LogP contribution in [0.1, 0.15) is 13.8 Å². The monoisotopic (exact) mass is 356 g/mol. The molecule has 2 rings (SSSR count). The second-order valence-corrected chi connectivity index (χ2v) is 5.49. The van der Waals surface area contributed by atoms with Crippen LogP contribution in [0, 0.1) is 0 Å². The van der Waals surface area contributed by atoms with Crippen LogP contribution in [0.4, 0.5) is 11.4 Å². The third-order valence-electron chi connectivity index (χ3n) is 3.20. The zero-order valence-electron chi connectivity index (χ0n) is 14.5. The van der Waals surface area contributed by atoms with Crippen molar-refractivity contribution in [2.45, 2.75) is 20.0 Å². The molecule has 0 bridgehead atoms. The summed E-state index contributed by atoms with van der Waals surface area (Å²) in [5.41, 5.74) is 1.03. The molecule has 0 saturated heterocycles. The summed E-state index contributed by atoms with van der Waals surface area (Å²) in [5, 5.41) is 5.21. The van der Waals surface area contributed by atoms with Crippen molar-refractivity contribution in [1.82, 2.24) is 0 Å². The molecule has 0 aromatic heterocycles. The van der Waals surface area contributed by atoms with E-state index in [0.29, 0.717) is 17.1 Å². The van der Waals surface area contributed by atoms with E-state index in [1.807, 2.05) is 6.07 Å². The van der Waals surface area contributed by atoms with Gasteiger partial charge in [-0.2, -0.15) is 0 Å². The third kappa shape index (κ3) is 6.27. The summed E-state index contributed by atoms with van der Waals surface area (Å²) < 4.78 is 10.4. The summed E-state index contributed by atoms with van der Waals surface area (Å²) in [6.45, 7) is 2.50. The summed E-state index contributed by atoms with van der Waals surface area (Å²) in [4.78, 5) is 34.9. The number of esters is 1. The standard InChI is InChI=1S/C19H20N2O5/c1-13(26-17-9-4-3-5-10-17)19(24)25-12-18(23)21-16-8-6-7-15(11-16)20-14(2)22/h3-11,13H,12H2,1-2H3,(H,20,22)(H,21,23)/t13-/m0/s1. The Kier molecular flexibility index (Phi) is 6.73. The average molecular weight is 356 g/mol. The fourth-order valence-corrected chi connectivity index (χ4v) is 2.08. The van der Waals surface area contributed by atoms with Gasteiger partial charge in [0, 0.05) is 18.3 Å². The number of amides is 2. The molecule has 0 fully saturated rings. The lowest BCUT2D eigenvalue weighted by Gasteiger charge is -2.14. The number of rotatable bonds is 7. The van der Waals surface area contributed by atoms with E-state index in [0.717, 1.165) is 0 Å². The number of hydrogen-bond donors (Lipinski definition) is 2. The van der Waals surface area contributed by atoms with E-state index < -0.39 is 24.6 Å². The number of carbonyl (C=O) groups excluding carboxylic acids is 3. The van der Waals surface area contributed by atoms with Crippen molar-refractivity contribution in [3.05, 3.63) is 54.6 Å². The molecule has 2 amide bonds. The van der Waals surface area contributed by atoms with Crippen LogP contribution in [0.5, 0.6) is 5.75 Å². The normalized spacial score (nSPS) is 11.2. The first-order valence-corrected chi connectivity index (χ1v) is 8.00. The lowest BCUT2D eigenvalue weighted by Crippen LogP contribution is -2.29. The topological polar surface area (TPSA) is 93.7 Å². The summed E-state index contributed by atoms with van der Waals surface area (Å²) in [5.74, 6) is -0.813. The van der Waals surface area contributed by atoms with Crippen LogP contribution in [-0.4, -0.2) is 30.5 Å². The highest BCUT2D eigenvalue weighted by Gasteiger charge is 2.17. The van der Waals surface area contributed by atoms with Crippen LogP contribution in [0.2, 0.25) is 0 Å². The van der Waals surface area contributed by atoms with Crippen LogP contribution >= 0.6 is 0 Å². The molecule has 0 saturated carbocycles. The maximum absolute atomic E-state index is 11.9. The minimum Gasteiger partial charge on any atom is -0.479 e. The molecule has 136 valence electrons. The highest BCUT2D eigenvalue weighted by molar-refractivity contribution is 5.94. The van der Waals surface area contributed by atoms with Gasteiger partial charge in [0.2, 0.25) is 5.91 Å². The number of benzene rings is 2. The van der Waals surface area contributed by atoms with Gasteiger partial charge < -0.3 is 20.1 Å². The van der Waals surface area contributed by atoms with Gasteiger partial charge in [0.1, 0.15) is 5.75 Å². The molecule has 7 heteroatoms. The molecule has 26 heavy (non-hydrogen) atoms. The molecule has 0 aliphatic carbocycles. The van der Waals surface area contributed by atoms with Crippen molar-refractivity contribution < 1.29 is 23.9 Å². The summed E-state index contributed by atoms with van der Waals surface area (Å²) in [6, 6.07) is 15.5. The predicted octanol–water partition coefficient (Wildman–Crippen LogP) is 2.59. The van der Waals surface area contributed by atoms with Gasteiger partial charge in [-0.15, -0.1) is 0 Å². The Hall–Kier alpha value is -3.35. The highest BCUT2D eigenvalue weighted by Crippen LogP contribution is 2.15. The van der Waals surface area contributed by atoms with E-state index in [-0.39, 0.29) is 5.91 Å². The summed E-state index contributed by atoms with van der Waals surface area (Å²) >= 11 is 0. The van der Waals surface area contributed by atoms with Crippen LogP contribution in [-0.2, 0) is 19.1 Å². The first-order valence-electron chi connectivity index (χ1n) is 8.00. The minimum atomic E-state index is -0.840. The van der Waals surface area contributed by atoms with E-state index in [2.05, 4.69) is 10.6 Å². The smallest absolute Gasteiger partial charge is 0.347 e. The zero-order chi connectivity index (χ0) is 18.9. The Morgan fingerprint density at radius 1 is 0.962 bits per heavy atom. The van der Waals surface area contributed by atoms with Crippen molar-refractivity contribution in [3.63, 3.8) is 0 Å². The van der Waals surface area contributed by atoms with Gasteiger partial charge in [0.25, 0.3) is 5.91 Å². The van der Waals surface area contributed by atoms with Crippen LogP contribution in [0.15, 0.2) is 54.6 Å². The summed E-state index contributed by atoms with van der Waals surface area (Å²) in [7, 11) is 0. The Balaban J connectivity index is 1.80. The molecule has 0 unspecified atom stereocenters. The molecule has 0 aliphatic heterocycles. The lowest BCUT2D eigenvalue weighted by atomic mass is 10.2. The number of hydrogen-bond acceptors (Lipinski definition) is 5. The Morgan fingerprint density at radius 3 is 2.27 bits per heavy atom. The van der Waals surface area contributed by atoms with Crippen molar-refractivity contribution in [2.75, 3.05) is 17.2 Å². The van der Waals surface area contributed by atoms with Gasteiger partial charge in [-0.25, -0.2) is 4.79 Å². The van der Waals surface area contributed by atoms with Gasteiger partial charge in [-0.05, 0) is 37.3 Å². The predicted molar refractivity (Wildman–Crippen MR) is 96.9 cm³/mol. The molecule has 0 heterocycles. The number of para-hydroxylation sites is 1. The van der Waals surface area contributed by atoms with Gasteiger partial charge in [0.15, 0.2) is 12.7 Å². The van der Waals surface area contributed by atoms with Crippen LogP contribution in [0.3, 0.4) is 0 Å². The van der Waals surface area contributed by atoms with E-state index in [1.165, 1.54) is 6.92 Å². The first kappa shape index (κ1) is 19.0. The van der Waals surface area contributed by atoms with E-state index in [9.17, 15) is 14.4 Å². The largest absolute Gasteiger partial charge is 0.479 e. The maximum atomic E-state index is 11.9. The first-order chi connectivity index (χ1) is 12.4. The maximum Gasteiger partial charge on any atom is 0.347 e. The molecular weight excluding hydrogens is 336 g/mol. The van der Waals surface area contributed by atoms with E-state index in [4.69, 9.17) is 9.47 Å². The van der Waals surface area contributed by atoms with Crippen molar-refractivity contribution >= 4 is 29.2 Å². The molecule has 2 aromatic rings. The zero-order valence-corrected chi connectivity index (χ0v) is 14.5. The molecule has 1 atom stereocenters. The number of carbonyl (C=O) groups is 3. The fraction of sp³-hybridized carbons (Fsp3) is 0.211. The van der Waals surface area contributed by atoms with Gasteiger partial charge in [-0.1, -0.05) is 24.3 Å². The summed E-state index contributed by atoms with van der Waals surface area (Å²) in [6.07, 6.45) is -0.840. The van der Waals surface area contributed by atoms with E-state index in [1.54, 1.807) is 55.5 Å². The van der Waals surface area contributed by atoms with Crippen molar-refractivity contribution in [1.29, 1.82) is 0 Å². The fourth-order valence-electron chi connectivity index (χ4n) is 2.08. The van der Waals surface area contributed by atoms with Crippen molar-refractivity contribution in [3.8, 4) is 5.75 Å². The molecule has 0 spiro atoms. The average Bonchev–Trinajstić information content (AvgIpc) is 2.60. The highest BCUT2D eigenvalue weighted by atomic mass is 16.6. The van der Waals surface area contributed by atoms with Crippen LogP contribution in [0.25, 0.3) is 0 Å². The number of nitrogens with one attached hydrogen (secondary N) is 2. The molecule has 2 aromatic carbocycles. The number of ether oxygens (including phenoxy) is 2. The molecule has 0 radical (unpaired) electrons. The molecular formula is C19H20N2O5. The van der Waals surface area contributed by atoms with Gasteiger partial charge in [-0.3, -0.25) is 9.59 Å². The SMILES string of the molecule is CC(=O)Nc1cccc(NC(=O)COC(=O)[C@H](C)Oc2ccccc2)c1. The lowest BCUT2D eigenvalue weighted by molar-refractivity contribution is -0.153. The molecule has 2 N–H and O–H groups in total. The van der Waals surface area contributed by atoms with Crippen molar-refractivity contribution in [2.24, 2.45) is 0 Å². The Labute approximate surface area is 151 Å². The minimum absolute atomic E-state index is 0.213. The second-order valence-electron chi connectivity index (χ2n) is 5.49. The Bertz CT molecular complexity index is 777. The molecule has 7 nitrogen and oxygen atoms in total. The third-order valence-corrected chi connectivity index (χ3v) is 3.20. The Morgan fingerprint density at radius 2 is 1.62 bits per heavy atom. The van der Waals surface area contributed by atoms with Crippen LogP contribution < -0.4 is 15.4 Å². The van der Waals surface area contributed by atoms with Gasteiger partial charge >= 0.3 is 5.97 Å². The van der Waals surface area contributed by atoms with Gasteiger partial charge in [0.05, 0.1) is 0 Å². The quantitative estimate of drug-likeness (QED) is 0.744. The second kappa shape index (κ2) is 9.22.